The number of nitrogens with zero attached hydrogens (tertiary/aromatic N) is 2. The Morgan fingerprint density at radius 3 is 2.43 bits per heavy atom. The SMILES string of the molecule is CNc1ccc2c(c1)nc(C(C)(C)C)n2CC1CCCCCC1. The normalized spacial score (nSPS) is 17.4. The van der Waals surface area contributed by atoms with E-state index < -0.39 is 0 Å². The molecule has 1 saturated carbocycles. The smallest absolute Gasteiger partial charge is 0.115 e. The molecular formula is C20H31N3. The third-order valence-corrected chi connectivity index (χ3v) is 5.12. The maximum atomic E-state index is 5.00. The number of imidazole rings is 1. The summed E-state index contributed by atoms with van der Waals surface area (Å²) in [5, 5.41) is 3.23. The summed E-state index contributed by atoms with van der Waals surface area (Å²) >= 11 is 0. The summed E-state index contributed by atoms with van der Waals surface area (Å²) in [6.07, 6.45) is 8.37. The van der Waals surface area contributed by atoms with Gasteiger partial charge in [0.15, 0.2) is 0 Å². The van der Waals surface area contributed by atoms with E-state index in [-0.39, 0.29) is 5.41 Å². The summed E-state index contributed by atoms with van der Waals surface area (Å²) < 4.78 is 2.50. The molecule has 23 heavy (non-hydrogen) atoms. The maximum absolute atomic E-state index is 5.00. The van der Waals surface area contributed by atoms with Crippen molar-refractivity contribution < 1.29 is 0 Å². The summed E-state index contributed by atoms with van der Waals surface area (Å²) in [6, 6.07) is 6.58. The van der Waals surface area contributed by atoms with E-state index in [1.165, 1.54) is 49.9 Å². The van der Waals surface area contributed by atoms with Gasteiger partial charge in [0.1, 0.15) is 5.82 Å². The van der Waals surface area contributed by atoms with E-state index in [1.54, 1.807) is 0 Å². The largest absolute Gasteiger partial charge is 0.388 e. The van der Waals surface area contributed by atoms with E-state index in [0.29, 0.717) is 0 Å². The second kappa shape index (κ2) is 6.54. The lowest BCUT2D eigenvalue weighted by molar-refractivity contribution is 0.379. The first-order valence-corrected chi connectivity index (χ1v) is 9.17. The van der Waals surface area contributed by atoms with E-state index in [0.717, 1.165) is 23.7 Å². The van der Waals surface area contributed by atoms with Crippen LogP contribution < -0.4 is 5.32 Å². The molecular weight excluding hydrogens is 282 g/mol. The first-order chi connectivity index (χ1) is 11.0. The van der Waals surface area contributed by atoms with Gasteiger partial charge < -0.3 is 9.88 Å². The Kier molecular flexibility index (Phi) is 4.65. The van der Waals surface area contributed by atoms with Crippen LogP contribution in [-0.2, 0) is 12.0 Å². The quantitative estimate of drug-likeness (QED) is 0.774. The molecule has 0 aliphatic heterocycles. The Morgan fingerprint density at radius 2 is 1.83 bits per heavy atom. The molecule has 1 N–H and O–H groups in total. The van der Waals surface area contributed by atoms with Gasteiger partial charge in [-0.3, -0.25) is 0 Å². The number of anilines is 1. The molecule has 0 atom stereocenters. The maximum Gasteiger partial charge on any atom is 0.115 e. The van der Waals surface area contributed by atoms with Crippen molar-refractivity contribution in [3.05, 3.63) is 24.0 Å². The minimum absolute atomic E-state index is 0.0730. The van der Waals surface area contributed by atoms with Gasteiger partial charge in [0, 0.05) is 24.7 Å². The number of rotatable bonds is 3. The highest BCUT2D eigenvalue weighted by atomic mass is 15.1. The van der Waals surface area contributed by atoms with E-state index >= 15 is 0 Å². The molecule has 3 rings (SSSR count). The lowest BCUT2D eigenvalue weighted by Gasteiger charge is -2.23. The van der Waals surface area contributed by atoms with Crippen molar-refractivity contribution in [3.8, 4) is 0 Å². The van der Waals surface area contributed by atoms with E-state index in [1.807, 2.05) is 7.05 Å². The number of fused-ring (bicyclic) bond motifs is 1. The molecule has 3 nitrogen and oxygen atoms in total. The van der Waals surface area contributed by atoms with Crippen LogP contribution in [0.25, 0.3) is 11.0 Å². The zero-order valence-electron chi connectivity index (χ0n) is 15.2. The van der Waals surface area contributed by atoms with E-state index in [2.05, 4.69) is 48.9 Å². The van der Waals surface area contributed by atoms with Crippen molar-refractivity contribution in [2.75, 3.05) is 12.4 Å². The van der Waals surface area contributed by atoms with Gasteiger partial charge in [-0.25, -0.2) is 4.98 Å². The molecule has 2 aromatic rings. The molecule has 0 bridgehead atoms. The lowest BCUT2D eigenvalue weighted by Crippen LogP contribution is -2.21. The fourth-order valence-corrected chi connectivity index (χ4v) is 3.85. The molecule has 0 saturated heterocycles. The zero-order chi connectivity index (χ0) is 16.4. The van der Waals surface area contributed by atoms with Crippen LogP contribution in [0.3, 0.4) is 0 Å². The fourth-order valence-electron chi connectivity index (χ4n) is 3.85. The van der Waals surface area contributed by atoms with Crippen LogP contribution in [0.15, 0.2) is 18.2 Å². The number of hydrogen-bond acceptors (Lipinski definition) is 2. The number of aromatic nitrogens is 2. The predicted molar refractivity (Wildman–Crippen MR) is 99.2 cm³/mol. The number of nitrogens with one attached hydrogen (secondary N) is 1. The molecule has 1 aliphatic rings. The molecule has 1 aromatic carbocycles. The average molecular weight is 313 g/mol. The first-order valence-electron chi connectivity index (χ1n) is 9.17. The summed E-state index contributed by atoms with van der Waals surface area (Å²) in [7, 11) is 1.97. The Hall–Kier alpha value is -1.51. The van der Waals surface area contributed by atoms with Gasteiger partial charge >= 0.3 is 0 Å². The molecule has 126 valence electrons. The Morgan fingerprint density at radius 1 is 1.13 bits per heavy atom. The Balaban J connectivity index is 2.01. The molecule has 0 radical (unpaired) electrons. The standard InChI is InChI=1S/C20H31N3/c1-20(2,3)19-22-17-13-16(21-4)11-12-18(17)23(19)14-15-9-7-5-6-8-10-15/h11-13,15,21H,5-10,14H2,1-4H3. The molecule has 0 spiro atoms. The molecule has 1 aliphatic carbocycles. The van der Waals surface area contributed by atoms with Gasteiger partial charge in [-0.15, -0.1) is 0 Å². The van der Waals surface area contributed by atoms with Crippen molar-refractivity contribution >= 4 is 16.7 Å². The molecule has 0 unspecified atom stereocenters. The molecule has 1 fully saturated rings. The lowest BCUT2D eigenvalue weighted by atomic mass is 9.94. The highest BCUT2D eigenvalue weighted by molar-refractivity contribution is 5.80. The van der Waals surface area contributed by atoms with Gasteiger partial charge in [-0.1, -0.05) is 46.5 Å². The van der Waals surface area contributed by atoms with Crippen LogP contribution in [0.4, 0.5) is 5.69 Å². The van der Waals surface area contributed by atoms with Crippen LogP contribution in [0.1, 0.15) is 65.1 Å². The number of benzene rings is 1. The van der Waals surface area contributed by atoms with Crippen molar-refractivity contribution in [2.45, 2.75) is 71.3 Å². The Bertz CT molecular complexity index is 655. The van der Waals surface area contributed by atoms with Crippen molar-refractivity contribution in [1.29, 1.82) is 0 Å². The summed E-state index contributed by atoms with van der Waals surface area (Å²) in [6.45, 7) is 7.95. The van der Waals surface area contributed by atoms with Crippen LogP contribution in [0.5, 0.6) is 0 Å². The Labute approximate surface area is 140 Å². The molecule has 0 amide bonds. The molecule has 3 heteroatoms. The summed E-state index contributed by atoms with van der Waals surface area (Å²) in [5.41, 5.74) is 3.62. The fraction of sp³-hybridized carbons (Fsp3) is 0.650. The third kappa shape index (κ3) is 3.54. The summed E-state index contributed by atoms with van der Waals surface area (Å²) in [5.74, 6) is 2.03. The minimum Gasteiger partial charge on any atom is -0.388 e. The van der Waals surface area contributed by atoms with Crippen LogP contribution in [0, 0.1) is 5.92 Å². The van der Waals surface area contributed by atoms with Crippen LogP contribution in [-0.4, -0.2) is 16.6 Å². The van der Waals surface area contributed by atoms with E-state index in [4.69, 9.17) is 4.98 Å². The van der Waals surface area contributed by atoms with Crippen LogP contribution >= 0.6 is 0 Å². The van der Waals surface area contributed by atoms with Crippen molar-refractivity contribution in [1.82, 2.24) is 9.55 Å². The topological polar surface area (TPSA) is 29.9 Å². The second-order valence-corrected chi connectivity index (χ2v) is 8.11. The minimum atomic E-state index is 0.0730. The van der Waals surface area contributed by atoms with Gasteiger partial charge in [0.05, 0.1) is 11.0 Å². The van der Waals surface area contributed by atoms with E-state index in [9.17, 15) is 0 Å². The number of hydrogen-bond donors (Lipinski definition) is 1. The second-order valence-electron chi connectivity index (χ2n) is 8.11. The van der Waals surface area contributed by atoms with Crippen molar-refractivity contribution in [3.63, 3.8) is 0 Å². The average Bonchev–Trinajstić information content (AvgIpc) is 2.69. The van der Waals surface area contributed by atoms with Crippen LogP contribution in [0.2, 0.25) is 0 Å². The monoisotopic (exact) mass is 313 g/mol. The van der Waals surface area contributed by atoms with Crippen molar-refractivity contribution in [2.24, 2.45) is 5.92 Å². The van der Waals surface area contributed by atoms with Gasteiger partial charge in [-0.2, -0.15) is 0 Å². The highest BCUT2D eigenvalue weighted by Gasteiger charge is 2.25. The highest BCUT2D eigenvalue weighted by Crippen LogP contribution is 2.31. The van der Waals surface area contributed by atoms with Gasteiger partial charge in [0.25, 0.3) is 0 Å². The van der Waals surface area contributed by atoms with Gasteiger partial charge in [0.2, 0.25) is 0 Å². The third-order valence-electron chi connectivity index (χ3n) is 5.12. The first kappa shape index (κ1) is 16.4. The molecule has 1 aromatic heterocycles. The molecule has 1 heterocycles. The van der Waals surface area contributed by atoms with Gasteiger partial charge in [-0.05, 0) is 37.0 Å². The zero-order valence-corrected chi connectivity index (χ0v) is 15.2. The summed E-state index contributed by atoms with van der Waals surface area (Å²) in [4.78, 5) is 5.00. The predicted octanol–water partition coefficient (Wildman–Crippen LogP) is 5.35.